The molecule has 36 heavy (non-hydrogen) atoms. The fourth-order valence-corrected chi connectivity index (χ4v) is 7.66. The van der Waals surface area contributed by atoms with Crippen LogP contribution in [-0.2, 0) is 6.54 Å². The van der Waals surface area contributed by atoms with Gasteiger partial charge in [0.2, 0.25) is 0 Å². The van der Waals surface area contributed by atoms with Gasteiger partial charge in [0.1, 0.15) is 0 Å². The molecule has 5 aliphatic rings. The molecule has 6 nitrogen and oxygen atoms in total. The van der Waals surface area contributed by atoms with Crippen LogP contribution in [0.5, 0.6) is 0 Å². The Morgan fingerprint density at radius 3 is 2.19 bits per heavy atom. The summed E-state index contributed by atoms with van der Waals surface area (Å²) in [5, 5.41) is 9.61. The predicted molar refractivity (Wildman–Crippen MR) is 143 cm³/mol. The number of carbonyl (C=O) groups excluding carboxylic acids is 2. The van der Waals surface area contributed by atoms with E-state index in [0.29, 0.717) is 12.1 Å². The Bertz CT molecular complexity index is 1100. The number of anilines is 2. The van der Waals surface area contributed by atoms with Crippen molar-refractivity contribution in [3.8, 4) is 0 Å². The van der Waals surface area contributed by atoms with Crippen molar-refractivity contribution in [3.63, 3.8) is 0 Å². The minimum absolute atomic E-state index is 0.0460. The zero-order valence-corrected chi connectivity index (χ0v) is 21.3. The van der Waals surface area contributed by atoms with Gasteiger partial charge in [0.05, 0.1) is 11.4 Å². The Kier molecular flexibility index (Phi) is 6.14. The predicted octanol–water partition coefficient (Wildman–Crippen LogP) is 5.62. The molecule has 2 aromatic carbocycles. The second-order valence-electron chi connectivity index (χ2n) is 11.9. The highest BCUT2D eigenvalue weighted by Crippen LogP contribution is 2.55. The van der Waals surface area contributed by atoms with Crippen molar-refractivity contribution < 1.29 is 9.59 Å². The maximum atomic E-state index is 13.3. The number of carbonyl (C=O) groups is 2. The molecule has 0 unspecified atom stereocenters. The molecule has 4 saturated carbocycles. The lowest BCUT2D eigenvalue weighted by molar-refractivity contribution is -0.0127. The first-order valence-electron chi connectivity index (χ1n) is 13.8. The Morgan fingerprint density at radius 1 is 0.917 bits per heavy atom. The Hall–Kier alpha value is -3.02. The van der Waals surface area contributed by atoms with Crippen LogP contribution in [-0.4, -0.2) is 30.6 Å². The average Bonchev–Trinajstić information content (AvgIpc) is 3.37. The summed E-state index contributed by atoms with van der Waals surface area (Å²) in [6.45, 7) is 4.48. The zero-order valence-electron chi connectivity index (χ0n) is 21.3. The van der Waals surface area contributed by atoms with E-state index in [1.165, 1.54) is 24.8 Å². The van der Waals surface area contributed by atoms with E-state index in [1.807, 2.05) is 30.3 Å². The summed E-state index contributed by atoms with van der Waals surface area (Å²) in [7, 11) is 0. The Balaban J connectivity index is 1.17. The normalized spacial score (nSPS) is 28.2. The van der Waals surface area contributed by atoms with Crippen LogP contribution >= 0.6 is 0 Å². The van der Waals surface area contributed by atoms with Crippen LogP contribution in [0.4, 0.5) is 16.2 Å². The monoisotopic (exact) mass is 486 g/mol. The smallest absolute Gasteiger partial charge is 0.319 e. The quantitative estimate of drug-likeness (QED) is 0.496. The van der Waals surface area contributed by atoms with Crippen LogP contribution < -0.4 is 20.9 Å². The lowest BCUT2D eigenvalue weighted by Gasteiger charge is -2.56. The van der Waals surface area contributed by atoms with Crippen LogP contribution in [0.3, 0.4) is 0 Å². The Labute approximate surface area is 214 Å². The molecule has 190 valence electrons. The van der Waals surface area contributed by atoms with Gasteiger partial charge in [-0.2, -0.15) is 0 Å². The number of nitrogens with one attached hydrogen (secondary N) is 3. The summed E-state index contributed by atoms with van der Waals surface area (Å²) < 4.78 is 0. The van der Waals surface area contributed by atoms with E-state index in [4.69, 9.17) is 0 Å². The van der Waals surface area contributed by atoms with E-state index in [1.54, 1.807) is 0 Å². The summed E-state index contributed by atoms with van der Waals surface area (Å²) in [4.78, 5) is 28.7. The lowest BCUT2D eigenvalue weighted by atomic mass is 9.53. The van der Waals surface area contributed by atoms with E-state index in [2.05, 4.69) is 39.9 Å². The maximum absolute atomic E-state index is 13.3. The largest absolute Gasteiger partial charge is 0.370 e. The van der Waals surface area contributed by atoms with Gasteiger partial charge in [-0.15, -0.1) is 0 Å². The van der Waals surface area contributed by atoms with Crippen molar-refractivity contribution in [3.05, 3.63) is 59.2 Å². The van der Waals surface area contributed by atoms with E-state index < -0.39 is 0 Å². The third kappa shape index (κ3) is 4.82. The van der Waals surface area contributed by atoms with Gasteiger partial charge >= 0.3 is 6.03 Å². The van der Waals surface area contributed by atoms with Crippen molar-refractivity contribution in [1.29, 1.82) is 0 Å². The number of aryl methyl sites for hydroxylation is 1. The molecule has 1 heterocycles. The molecule has 1 saturated heterocycles. The second kappa shape index (κ2) is 9.45. The summed E-state index contributed by atoms with van der Waals surface area (Å²) in [5.74, 6) is 2.19. The highest BCUT2D eigenvalue weighted by molar-refractivity contribution is 5.99. The molecule has 7 rings (SSSR count). The van der Waals surface area contributed by atoms with Crippen molar-refractivity contribution >= 4 is 23.3 Å². The van der Waals surface area contributed by atoms with Crippen molar-refractivity contribution in [2.24, 2.45) is 17.8 Å². The average molecular weight is 487 g/mol. The summed E-state index contributed by atoms with van der Waals surface area (Å²) in [5.41, 5.74) is 4.51. The SMILES string of the molecule is Cc1ccc(CNC(=O)c2ccc(N3CCCC3)c(NC(=O)NC34CC5CC(CC(C5)C3)C4)c2)cc1. The third-order valence-corrected chi connectivity index (χ3v) is 8.94. The number of amides is 3. The van der Waals surface area contributed by atoms with E-state index in [0.717, 1.165) is 79.9 Å². The first-order chi connectivity index (χ1) is 17.4. The van der Waals surface area contributed by atoms with Gasteiger partial charge in [-0.3, -0.25) is 4.79 Å². The molecule has 4 aliphatic carbocycles. The summed E-state index contributed by atoms with van der Waals surface area (Å²) in [6.07, 6.45) is 9.70. The number of nitrogens with zero attached hydrogens (tertiary/aromatic N) is 1. The zero-order chi connectivity index (χ0) is 24.7. The highest BCUT2D eigenvalue weighted by Gasteiger charge is 2.51. The van der Waals surface area contributed by atoms with E-state index in [9.17, 15) is 9.59 Å². The van der Waals surface area contributed by atoms with Crippen molar-refractivity contribution in [2.75, 3.05) is 23.3 Å². The van der Waals surface area contributed by atoms with Crippen LogP contribution in [0.1, 0.15) is 72.9 Å². The molecule has 0 aromatic heterocycles. The van der Waals surface area contributed by atoms with Gasteiger partial charge in [-0.1, -0.05) is 29.8 Å². The fraction of sp³-hybridized carbons (Fsp3) is 0.533. The first-order valence-corrected chi connectivity index (χ1v) is 13.8. The molecular formula is C30H38N4O2. The van der Waals surface area contributed by atoms with Gasteiger partial charge in [-0.25, -0.2) is 4.79 Å². The number of benzene rings is 2. The molecule has 3 amide bonds. The molecule has 1 aliphatic heterocycles. The highest BCUT2D eigenvalue weighted by atomic mass is 16.2. The number of hydrogen-bond donors (Lipinski definition) is 3. The van der Waals surface area contributed by atoms with Crippen LogP contribution in [0.2, 0.25) is 0 Å². The van der Waals surface area contributed by atoms with Gasteiger partial charge in [-0.05, 0) is 99.8 Å². The molecule has 2 aromatic rings. The third-order valence-electron chi connectivity index (χ3n) is 8.94. The van der Waals surface area contributed by atoms with Gasteiger partial charge in [0.25, 0.3) is 5.91 Å². The summed E-state index contributed by atoms with van der Waals surface area (Å²) in [6, 6.07) is 13.8. The fourth-order valence-electron chi connectivity index (χ4n) is 7.66. The number of urea groups is 1. The molecule has 3 N–H and O–H groups in total. The maximum Gasteiger partial charge on any atom is 0.319 e. The summed E-state index contributed by atoms with van der Waals surface area (Å²) >= 11 is 0. The molecule has 5 fully saturated rings. The van der Waals surface area contributed by atoms with Crippen molar-refractivity contribution in [2.45, 2.75) is 70.4 Å². The van der Waals surface area contributed by atoms with E-state index in [-0.39, 0.29) is 17.5 Å². The van der Waals surface area contributed by atoms with E-state index >= 15 is 0 Å². The van der Waals surface area contributed by atoms with Gasteiger partial charge < -0.3 is 20.9 Å². The minimum Gasteiger partial charge on any atom is -0.370 e. The van der Waals surface area contributed by atoms with Crippen molar-refractivity contribution in [1.82, 2.24) is 10.6 Å². The molecule has 6 heteroatoms. The standard InChI is InChI=1S/C30H38N4O2/c1-20-4-6-21(7-5-20)19-31-28(35)25-8-9-27(34-10-2-3-11-34)26(15-25)32-29(36)33-30-16-22-12-23(17-30)14-24(13-22)18-30/h4-9,15,22-24H,2-3,10-14,16-19H2,1H3,(H,31,35)(H2,32,33,36). The van der Waals surface area contributed by atoms with Crippen LogP contribution in [0.25, 0.3) is 0 Å². The van der Waals surface area contributed by atoms with Gasteiger partial charge in [0.15, 0.2) is 0 Å². The molecule has 0 atom stereocenters. The topological polar surface area (TPSA) is 73.5 Å². The minimum atomic E-state index is -0.131. The second-order valence-corrected chi connectivity index (χ2v) is 11.9. The number of hydrogen-bond acceptors (Lipinski definition) is 3. The lowest BCUT2D eigenvalue weighted by Crippen LogP contribution is -2.60. The molecule has 4 bridgehead atoms. The first kappa shape index (κ1) is 23.4. The Morgan fingerprint density at radius 2 is 1.56 bits per heavy atom. The number of rotatable bonds is 6. The molecule has 0 radical (unpaired) electrons. The molecule has 0 spiro atoms. The van der Waals surface area contributed by atoms with Crippen LogP contribution in [0, 0.1) is 24.7 Å². The van der Waals surface area contributed by atoms with Crippen LogP contribution in [0.15, 0.2) is 42.5 Å². The molecular weight excluding hydrogens is 448 g/mol. The van der Waals surface area contributed by atoms with Gasteiger partial charge in [0, 0.05) is 30.7 Å².